The minimum absolute atomic E-state index is 0.112. The van der Waals surface area contributed by atoms with E-state index in [0.29, 0.717) is 26.3 Å². The fourth-order valence-electron chi connectivity index (χ4n) is 3.07. The summed E-state index contributed by atoms with van der Waals surface area (Å²) in [6, 6.07) is 11.6. The van der Waals surface area contributed by atoms with Crippen molar-refractivity contribution < 1.29 is 22.7 Å². The zero-order valence-electron chi connectivity index (χ0n) is 17.2. The van der Waals surface area contributed by atoms with Gasteiger partial charge in [-0.2, -0.15) is 13.2 Å². The summed E-state index contributed by atoms with van der Waals surface area (Å²) in [7, 11) is 0. The molecule has 1 aliphatic rings. The average molecular weight is 434 g/mol. The van der Waals surface area contributed by atoms with Crippen molar-refractivity contribution in [2.75, 3.05) is 44.7 Å². The van der Waals surface area contributed by atoms with Gasteiger partial charge in [-0.1, -0.05) is 18.2 Å². The van der Waals surface area contributed by atoms with Gasteiger partial charge >= 0.3 is 6.18 Å². The second-order valence-corrected chi connectivity index (χ2v) is 7.15. The third kappa shape index (κ3) is 6.80. The van der Waals surface area contributed by atoms with Crippen LogP contribution >= 0.6 is 0 Å². The lowest BCUT2D eigenvalue weighted by Crippen LogP contribution is -2.39. The topological polar surface area (TPSA) is 66.0 Å². The van der Waals surface area contributed by atoms with E-state index in [9.17, 15) is 18.0 Å². The van der Waals surface area contributed by atoms with E-state index in [0.717, 1.165) is 48.6 Å². The van der Waals surface area contributed by atoms with E-state index in [1.165, 1.54) is 0 Å². The van der Waals surface area contributed by atoms with Crippen molar-refractivity contribution in [2.45, 2.75) is 13.1 Å². The number of carbonyl (C=O) groups excluding carboxylic acids is 1. The number of nitrogens with zero attached hydrogens (tertiary/aromatic N) is 2. The molecular formula is C22H25F3N4O2. The molecular weight excluding hydrogens is 409 g/mol. The lowest BCUT2D eigenvalue weighted by molar-refractivity contribution is -0.137. The van der Waals surface area contributed by atoms with E-state index in [1.807, 2.05) is 31.2 Å². The largest absolute Gasteiger partial charge is 0.416 e. The highest BCUT2D eigenvalue weighted by molar-refractivity contribution is 6.10. The van der Waals surface area contributed by atoms with Crippen LogP contribution in [0.1, 0.15) is 21.5 Å². The first-order valence-electron chi connectivity index (χ1n) is 9.99. The number of guanidine groups is 1. The van der Waals surface area contributed by atoms with E-state index in [4.69, 9.17) is 4.74 Å². The number of hydrogen-bond donors (Lipinski definition) is 2. The Morgan fingerprint density at radius 3 is 2.42 bits per heavy atom. The van der Waals surface area contributed by atoms with Crippen molar-refractivity contribution in [3.8, 4) is 0 Å². The van der Waals surface area contributed by atoms with E-state index >= 15 is 0 Å². The average Bonchev–Trinajstić information content (AvgIpc) is 2.75. The van der Waals surface area contributed by atoms with Crippen LogP contribution in [-0.4, -0.2) is 56.2 Å². The number of benzene rings is 2. The third-order valence-electron chi connectivity index (χ3n) is 4.89. The van der Waals surface area contributed by atoms with Crippen LogP contribution in [0.3, 0.4) is 0 Å². The second kappa shape index (κ2) is 10.4. The van der Waals surface area contributed by atoms with E-state index in [2.05, 4.69) is 20.5 Å². The first kappa shape index (κ1) is 22.8. The lowest BCUT2D eigenvalue weighted by Gasteiger charge is -2.25. The molecule has 0 saturated carbocycles. The molecule has 0 bridgehead atoms. The van der Waals surface area contributed by atoms with Crippen molar-refractivity contribution in [1.82, 2.24) is 10.2 Å². The molecule has 1 saturated heterocycles. The molecule has 9 heteroatoms. The third-order valence-corrected chi connectivity index (χ3v) is 4.89. The molecule has 0 aromatic heterocycles. The first-order chi connectivity index (χ1) is 14.8. The first-order valence-corrected chi connectivity index (χ1v) is 9.99. The molecule has 1 amide bonds. The number of ether oxygens (including phenoxy) is 1. The summed E-state index contributed by atoms with van der Waals surface area (Å²) in [5.74, 6) is -0.299. The minimum Gasteiger partial charge on any atom is -0.379 e. The zero-order chi connectivity index (χ0) is 22.3. The fourth-order valence-corrected chi connectivity index (χ4v) is 3.07. The standard InChI is InChI=1S/C22H25F3N4O2/c1-16-4-2-3-5-19(16)27-21(26-10-11-29-12-14-31-15-13-29)28-20(30)17-6-8-18(9-7-17)22(23,24)25/h2-9H,10-15H2,1H3,(H2,26,27,28,30). The van der Waals surface area contributed by atoms with Crippen molar-refractivity contribution in [3.05, 3.63) is 65.2 Å². The summed E-state index contributed by atoms with van der Waals surface area (Å²) in [6.45, 7) is 6.10. The van der Waals surface area contributed by atoms with Crippen LogP contribution in [-0.2, 0) is 10.9 Å². The summed E-state index contributed by atoms with van der Waals surface area (Å²) in [5.41, 5.74) is 1.05. The van der Waals surface area contributed by atoms with Crippen molar-refractivity contribution >= 4 is 17.6 Å². The van der Waals surface area contributed by atoms with Gasteiger partial charge in [-0.15, -0.1) is 0 Å². The van der Waals surface area contributed by atoms with Gasteiger partial charge in [0.1, 0.15) is 0 Å². The predicted molar refractivity (Wildman–Crippen MR) is 113 cm³/mol. The number of halogens is 3. The van der Waals surface area contributed by atoms with Crippen LogP contribution in [0.15, 0.2) is 53.5 Å². The quantitative estimate of drug-likeness (QED) is 0.558. The van der Waals surface area contributed by atoms with Crippen LogP contribution in [0, 0.1) is 6.92 Å². The molecule has 0 atom stereocenters. The zero-order valence-corrected chi connectivity index (χ0v) is 17.2. The molecule has 2 aromatic carbocycles. The van der Waals surface area contributed by atoms with Gasteiger partial charge in [-0.25, -0.2) is 0 Å². The number of para-hydroxylation sites is 1. The molecule has 6 nitrogen and oxygen atoms in total. The number of rotatable bonds is 5. The van der Waals surface area contributed by atoms with E-state index < -0.39 is 17.6 Å². The molecule has 2 aromatic rings. The Bertz CT molecular complexity index is 908. The molecule has 0 spiro atoms. The number of morpholine rings is 1. The van der Waals surface area contributed by atoms with Crippen LogP contribution in [0.4, 0.5) is 18.9 Å². The monoisotopic (exact) mass is 434 g/mol. The van der Waals surface area contributed by atoms with Crippen LogP contribution < -0.4 is 10.6 Å². The lowest BCUT2D eigenvalue weighted by atomic mass is 10.1. The van der Waals surface area contributed by atoms with Crippen LogP contribution in [0.5, 0.6) is 0 Å². The molecule has 2 N–H and O–H groups in total. The Labute approximate surface area is 179 Å². The molecule has 3 rings (SSSR count). The SMILES string of the molecule is Cc1ccccc1NC(=NCCN1CCOCC1)NC(=O)c1ccc(C(F)(F)F)cc1. The minimum atomic E-state index is -4.45. The normalized spacial score (nSPS) is 15.5. The maximum Gasteiger partial charge on any atom is 0.416 e. The van der Waals surface area contributed by atoms with Gasteiger partial charge < -0.3 is 10.1 Å². The second-order valence-electron chi connectivity index (χ2n) is 7.15. The summed E-state index contributed by atoms with van der Waals surface area (Å²) < 4.78 is 43.6. The summed E-state index contributed by atoms with van der Waals surface area (Å²) in [6.07, 6.45) is -4.45. The highest BCUT2D eigenvalue weighted by Gasteiger charge is 2.30. The molecule has 0 radical (unpaired) electrons. The molecule has 31 heavy (non-hydrogen) atoms. The number of nitrogens with one attached hydrogen (secondary N) is 2. The van der Waals surface area contributed by atoms with Gasteiger partial charge in [0, 0.05) is 30.9 Å². The van der Waals surface area contributed by atoms with Crippen LogP contribution in [0.2, 0.25) is 0 Å². The molecule has 1 fully saturated rings. The Morgan fingerprint density at radius 1 is 1.10 bits per heavy atom. The Kier molecular flexibility index (Phi) is 7.64. The van der Waals surface area contributed by atoms with Crippen LogP contribution in [0.25, 0.3) is 0 Å². The Hall–Kier alpha value is -2.91. The number of hydrogen-bond acceptors (Lipinski definition) is 4. The van der Waals surface area contributed by atoms with Gasteiger partial charge in [0.05, 0.1) is 25.3 Å². The van der Waals surface area contributed by atoms with Gasteiger partial charge in [-0.3, -0.25) is 20.0 Å². The van der Waals surface area contributed by atoms with Gasteiger partial charge in [-0.05, 0) is 42.8 Å². The molecule has 1 aliphatic heterocycles. The Balaban J connectivity index is 1.70. The smallest absolute Gasteiger partial charge is 0.379 e. The molecule has 1 heterocycles. The van der Waals surface area contributed by atoms with Gasteiger partial charge in [0.2, 0.25) is 5.96 Å². The summed E-state index contributed by atoms with van der Waals surface area (Å²) in [5, 5.41) is 5.80. The van der Waals surface area contributed by atoms with Crippen molar-refractivity contribution in [1.29, 1.82) is 0 Å². The number of aryl methyl sites for hydroxylation is 1. The van der Waals surface area contributed by atoms with E-state index in [-0.39, 0.29) is 11.5 Å². The molecule has 0 aliphatic carbocycles. The highest BCUT2D eigenvalue weighted by atomic mass is 19.4. The summed E-state index contributed by atoms with van der Waals surface area (Å²) in [4.78, 5) is 19.3. The maximum atomic E-state index is 12.8. The summed E-state index contributed by atoms with van der Waals surface area (Å²) >= 11 is 0. The van der Waals surface area contributed by atoms with Gasteiger partial charge in [0.25, 0.3) is 5.91 Å². The Morgan fingerprint density at radius 2 is 1.77 bits per heavy atom. The molecule has 166 valence electrons. The maximum absolute atomic E-state index is 12.8. The number of alkyl halides is 3. The number of carbonyl (C=O) groups is 1. The number of aliphatic imine (C=N–C) groups is 1. The predicted octanol–water partition coefficient (Wildman–Crippen LogP) is 3.54. The van der Waals surface area contributed by atoms with E-state index in [1.54, 1.807) is 0 Å². The number of anilines is 1. The highest BCUT2D eigenvalue weighted by Crippen LogP contribution is 2.29. The van der Waals surface area contributed by atoms with Gasteiger partial charge in [0.15, 0.2) is 0 Å². The number of amides is 1. The van der Waals surface area contributed by atoms with Crippen molar-refractivity contribution in [3.63, 3.8) is 0 Å². The molecule has 0 unspecified atom stereocenters. The van der Waals surface area contributed by atoms with Crippen molar-refractivity contribution in [2.24, 2.45) is 4.99 Å². The fraction of sp³-hybridized carbons (Fsp3) is 0.364.